The molecule has 1 fully saturated rings. The van der Waals surface area contributed by atoms with E-state index < -0.39 is 15.3 Å². The zero-order valence-corrected chi connectivity index (χ0v) is 23.4. The third-order valence-electron chi connectivity index (χ3n) is 7.31. The van der Waals surface area contributed by atoms with Gasteiger partial charge in [-0.05, 0) is 42.6 Å². The first-order chi connectivity index (χ1) is 16.8. The largest absolute Gasteiger partial charge is 0.496 e. The van der Waals surface area contributed by atoms with Crippen LogP contribution >= 0.6 is 23.2 Å². The average Bonchev–Trinajstić information content (AvgIpc) is 2.85. The Bertz CT molecular complexity index is 770. The molecule has 2 atom stereocenters. The molecule has 2 rings (SSSR count). The lowest BCUT2D eigenvalue weighted by molar-refractivity contribution is -0.947. The summed E-state index contributed by atoms with van der Waals surface area (Å²) < 4.78 is 12.1. The van der Waals surface area contributed by atoms with Crippen LogP contribution in [0.15, 0.2) is 18.2 Å². The van der Waals surface area contributed by atoms with Gasteiger partial charge in [-0.3, -0.25) is 10.1 Å². The third-order valence-corrected chi connectivity index (χ3v) is 8.44. The highest BCUT2D eigenvalue weighted by Gasteiger charge is 2.45. The molecule has 2 unspecified atom stereocenters. The molecule has 0 saturated carbocycles. The van der Waals surface area contributed by atoms with Crippen LogP contribution in [0.5, 0.6) is 5.75 Å². The minimum Gasteiger partial charge on any atom is -0.496 e. The van der Waals surface area contributed by atoms with E-state index >= 15 is 0 Å². The highest BCUT2D eigenvalue weighted by molar-refractivity contribution is 6.31. The number of nitrogens with zero attached hydrogens (tertiary/aromatic N) is 2. The Morgan fingerprint density at radius 2 is 1.66 bits per heavy atom. The summed E-state index contributed by atoms with van der Waals surface area (Å²) in [5.74, 6) is 0.519. The van der Waals surface area contributed by atoms with Crippen LogP contribution in [-0.2, 0) is 11.3 Å². The van der Waals surface area contributed by atoms with Crippen molar-refractivity contribution in [2.24, 2.45) is 0 Å². The summed E-state index contributed by atoms with van der Waals surface area (Å²) in [6.07, 6.45) is 13.3. The molecule has 1 aliphatic heterocycles. The average molecular weight is 533 g/mol. The molecule has 0 amide bonds. The highest BCUT2D eigenvalue weighted by atomic mass is 35.5. The number of halogens is 2. The molecular weight excluding hydrogens is 487 g/mol. The molecule has 8 heteroatoms. The molecule has 0 N–H and O–H groups in total. The lowest BCUT2D eigenvalue weighted by Crippen LogP contribution is -2.54. The van der Waals surface area contributed by atoms with Gasteiger partial charge < -0.3 is 14.0 Å². The van der Waals surface area contributed by atoms with Crippen molar-refractivity contribution in [1.82, 2.24) is 0 Å². The number of benzene rings is 1. The van der Waals surface area contributed by atoms with Crippen molar-refractivity contribution in [3.05, 3.63) is 39.4 Å². The molecular formula is C27H45Cl2N2O4+. The Balaban J connectivity index is 1.98. The summed E-state index contributed by atoms with van der Waals surface area (Å²) in [5.41, 5.74) is 1.66. The summed E-state index contributed by atoms with van der Waals surface area (Å²) in [6.45, 7) is 9.04. The Hall–Kier alpha value is -1.08. The van der Waals surface area contributed by atoms with Gasteiger partial charge in [-0.1, -0.05) is 58.3 Å². The lowest BCUT2D eigenvalue weighted by atomic mass is 10.0. The minimum absolute atomic E-state index is 0.519. The van der Waals surface area contributed by atoms with E-state index in [4.69, 9.17) is 32.7 Å². The standard InChI is InChI=1S/C27H45Cl2N2O4/c1-4-5-6-7-8-9-10-11-12-13-16-31(17-19-35-20-18-31)22-23-14-15-25(34-3)24(21-23)26(28)27(2,29)30(32)33/h14-15,21,26H,4-13,16-20,22H2,1-3H3/q+1. The number of hydrogen-bond acceptors (Lipinski definition) is 4. The summed E-state index contributed by atoms with van der Waals surface area (Å²) in [5, 5.41) is 10.5. The van der Waals surface area contributed by atoms with Crippen LogP contribution in [-0.4, -0.2) is 54.4 Å². The van der Waals surface area contributed by atoms with Crippen molar-refractivity contribution < 1.29 is 18.9 Å². The Morgan fingerprint density at radius 3 is 2.20 bits per heavy atom. The second kappa shape index (κ2) is 15.2. The van der Waals surface area contributed by atoms with Crippen molar-refractivity contribution in [1.29, 1.82) is 0 Å². The van der Waals surface area contributed by atoms with Crippen LogP contribution in [0.2, 0.25) is 0 Å². The first-order valence-corrected chi connectivity index (χ1v) is 14.1. The molecule has 1 aromatic carbocycles. The molecule has 0 spiro atoms. The number of methoxy groups -OCH3 is 1. The molecule has 1 saturated heterocycles. The fourth-order valence-electron chi connectivity index (χ4n) is 4.97. The number of quaternary nitrogens is 1. The zero-order valence-electron chi connectivity index (χ0n) is 21.9. The van der Waals surface area contributed by atoms with Gasteiger partial charge in [0.25, 0.3) is 0 Å². The van der Waals surface area contributed by atoms with Gasteiger partial charge in [-0.25, -0.2) is 0 Å². The summed E-state index contributed by atoms with van der Waals surface area (Å²) >= 11 is 12.7. The Morgan fingerprint density at radius 1 is 1.09 bits per heavy atom. The number of ether oxygens (including phenoxy) is 2. The smallest absolute Gasteiger partial charge is 0.312 e. The van der Waals surface area contributed by atoms with Crippen LogP contribution in [0.3, 0.4) is 0 Å². The van der Waals surface area contributed by atoms with Gasteiger partial charge in [0.05, 0.1) is 26.9 Å². The van der Waals surface area contributed by atoms with E-state index in [2.05, 4.69) is 6.92 Å². The molecule has 0 aliphatic carbocycles. The maximum Gasteiger partial charge on any atom is 0.312 e. The third kappa shape index (κ3) is 9.38. The van der Waals surface area contributed by atoms with Crippen LogP contribution < -0.4 is 4.74 Å². The van der Waals surface area contributed by atoms with Gasteiger partial charge in [-0.2, -0.15) is 0 Å². The molecule has 1 aliphatic rings. The van der Waals surface area contributed by atoms with E-state index in [1.54, 1.807) is 7.11 Å². The fourth-order valence-corrected chi connectivity index (χ4v) is 5.34. The van der Waals surface area contributed by atoms with Crippen molar-refractivity contribution in [2.45, 2.75) is 95.0 Å². The van der Waals surface area contributed by atoms with Crippen LogP contribution in [0.4, 0.5) is 0 Å². The Labute approximate surface area is 222 Å². The van der Waals surface area contributed by atoms with Gasteiger partial charge in [0.2, 0.25) is 0 Å². The molecule has 1 heterocycles. The topological polar surface area (TPSA) is 61.6 Å². The van der Waals surface area contributed by atoms with Crippen molar-refractivity contribution >= 4 is 23.2 Å². The SMILES string of the molecule is CCCCCCCCCCCC[N+]1(Cc2ccc(OC)c(C(Cl)C(C)(Cl)[N+](=O)[O-])c2)CCOCC1. The number of rotatable bonds is 17. The Kier molecular flexibility index (Phi) is 13.1. The summed E-state index contributed by atoms with van der Waals surface area (Å²) in [4.78, 5) is 9.12. The monoisotopic (exact) mass is 531 g/mol. The minimum atomic E-state index is -1.82. The van der Waals surface area contributed by atoms with Crippen molar-refractivity contribution in [2.75, 3.05) is 40.0 Å². The summed E-state index contributed by atoms with van der Waals surface area (Å²) in [6, 6.07) is 5.83. The van der Waals surface area contributed by atoms with Crippen molar-refractivity contribution in [3.63, 3.8) is 0 Å². The van der Waals surface area contributed by atoms with E-state index in [-0.39, 0.29) is 0 Å². The highest BCUT2D eigenvalue weighted by Crippen LogP contribution is 2.42. The van der Waals surface area contributed by atoms with Crippen LogP contribution in [0.1, 0.15) is 94.6 Å². The number of hydrogen-bond donors (Lipinski definition) is 0. The quantitative estimate of drug-likeness (QED) is 0.0521. The zero-order chi connectivity index (χ0) is 25.7. The van der Waals surface area contributed by atoms with E-state index in [9.17, 15) is 10.1 Å². The number of morpholine rings is 1. The van der Waals surface area contributed by atoms with Crippen LogP contribution in [0, 0.1) is 10.1 Å². The van der Waals surface area contributed by atoms with E-state index in [0.717, 1.165) is 49.4 Å². The fraction of sp³-hybridized carbons (Fsp3) is 0.778. The van der Waals surface area contributed by atoms with Crippen molar-refractivity contribution in [3.8, 4) is 5.75 Å². The van der Waals surface area contributed by atoms with Gasteiger partial charge in [0, 0.05) is 23.0 Å². The van der Waals surface area contributed by atoms with Gasteiger partial charge in [0.1, 0.15) is 30.8 Å². The van der Waals surface area contributed by atoms with E-state index in [1.165, 1.54) is 71.1 Å². The predicted molar refractivity (Wildman–Crippen MR) is 144 cm³/mol. The second-order valence-corrected chi connectivity index (χ2v) is 11.4. The molecule has 6 nitrogen and oxygen atoms in total. The normalized spacial score (nSPS) is 18.1. The maximum atomic E-state index is 11.5. The molecule has 1 aromatic rings. The number of nitro groups is 1. The lowest BCUT2D eigenvalue weighted by Gasteiger charge is -2.41. The molecule has 200 valence electrons. The first kappa shape index (κ1) is 30.1. The molecule has 35 heavy (non-hydrogen) atoms. The van der Waals surface area contributed by atoms with Gasteiger partial charge in [0.15, 0.2) is 0 Å². The number of unbranched alkanes of at least 4 members (excludes halogenated alkanes) is 9. The van der Waals surface area contributed by atoms with Crippen LogP contribution in [0.25, 0.3) is 0 Å². The maximum absolute atomic E-state index is 11.5. The van der Waals surface area contributed by atoms with E-state index in [0.29, 0.717) is 11.3 Å². The molecule has 0 radical (unpaired) electrons. The predicted octanol–water partition coefficient (Wildman–Crippen LogP) is 7.47. The van der Waals surface area contributed by atoms with E-state index in [1.807, 2.05) is 18.2 Å². The molecule has 0 aromatic heterocycles. The number of alkyl halides is 2. The van der Waals surface area contributed by atoms with Gasteiger partial charge >= 0.3 is 5.00 Å². The summed E-state index contributed by atoms with van der Waals surface area (Å²) in [7, 11) is 1.54. The second-order valence-electron chi connectivity index (χ2n) is 10.2. The van der Waals surface area contributed by atoms with Gasteiger partial charge in [-0.15, -0.1) is 11.6 Å². The molecule has 0 bridgehead atoms. The first-order valence-electron chi connectivity index (χ1n) is 13.3.